The number of halogens is 1. The third kappa shape index (κ3) is 3.80. The largest absolute Gasteiger partial charge is 0.207 e. The zero-order valence-electron chi connectivity index (χ0n) is 13.8. The highest BCUT2D eigenvalue weighted by molar-refractivity contribution is 5.21. The molecule has 0 spiro atoms. The summed E-state index contributed by atoms with van der Waals surface area (Å²) in [5, 5.41) is 0. The molecule has 0 aromatic heterocycles. The maximum atomic E-state index is 13.0. The van der Waals surface area contributed by atoms with E-state index in [-0.39, 0.29) is 5.82 Å². The Labute approximate surface area is 134 Å². The summed E-state index contributed by atoms with van der Waals surface area (Å²) in [7, 11) is 0. The molecule has 0 radical (unpaired) electrons. The summed E-state index contributed by atoms with van der Waals surface area (Å²) >= 11 is 0. The Bertz CT molecular complexity index is 471. The summed E-state index contributed by atoms with van der Waals surface area (Å²) < 4.78 is 13.0. The molecule has 1 heteroatoms. The second kappa shape index (κ2) is 7.44. The minimum absolute atomic E-state index is 0.115. The first-order chi connectivity index (χ1) is 10.8. The molecule has 2 fully saturated rings. The molecular weight excluding hydrogens is 271 g/mol. The van der Waals surface area contributed by atoms with E-state index in [0.717, 1.165) is 17.8 Å². The number of benzene rings is 1. The van der Waals surface area contributed by atoms with Crippen LogP contribution in [-0.4, -0.2) is 0 Å². The molecule has 0 unspecified atom stereocenters. The van der Waals surface area contributed by atoms with E-state index in [2.05, 4.69) is 19.1 Å². The predicted molar refractivity (Wildman–Crippen MR) is 91.4 cm³/mol. The Morgan fingerprint density at radius 2 is 1.36 bits per heavy atom. The number of hydrogen-bond donors (Lipinski definition) is 0. The van der Waals surface area contributed by atoms with Crippen LogP contribution >= 0.6 is 0 Å². The van der Waals surface area contributed by atoms with Crippen molar-refractivity contribution in [3.8, 4) is 0 Å². The van der Waals surface area contributed by atoms with Gasteiger partial charge in [0.15, 0.2) is 0 Å². The van der Waals surface area contributed by atoms with Crippen molar-refractivity contribution in [3.05, 3.63) is 47.8 Å². The highest BCUT2D eigenvalue weighted by atomic mass is 19.1. The molecule has 1 aromatic carbocycles. The molecule has 0 heterocycles. The van der Waals surface area contributed by atoms with Crippen molar-refractivity contribution in [2.75, 3.05) is 0 Å². The molecule has 120 valence electrons. The summed E-state index contributed by atoms with van der Waals surface area (Å²) in [6, 6.07) is 7.21. The average Bonchev–Trinajstić information content (AvgIpc) is 2.57. The molecule has 0 nitrogen and oxygen atoms in total. The van der Waals surface area contributed by atoms with E-state index < -0.39 is 0 Å². The average molecular weight is 300 g/mol. The molecule has 0 N–H and O–H groups in total. The summed E-state index contributed by atoms with van der Waals surface area (Å²) in [4.78, 5) is 0. The van der Waals surface area contributed by atoms with Gasteiger partial charge in [-0.1, -0.05) is 24.3 Å². The highest BCUT2D eigenvalue weighted by Crippen LogP contribution is 2.44. The Hall–Kier alpha value is -1.11. The predicted octanol–water partition coefficient (Wildman–Crippen LogP) is 6.48. The van der Waals surface area contributed by atoms with E-state index in [4.69, 9.17) is 0 Å². The molecular formula is C21H29F. The van der Waals surface area contributed by atoms with Crippen LogP contribution in [0.5, 0.6) is 0 Å². The van der Waals surface area contributed by atoms with E-state index in [1.54, 1.807) is 12.1 Å². The quantitative estimate of drug-likeness (QED) is 0.560. The third-order valence-corrected chi connectivity index (χ3v) is 6.06. The molecule has 0 saturated heterocycles. The van der Waals surface area contributed by atoms with Crippen LogP contribution < -0.4 is 0 Å². The van der Waals surface area contributed by atoms with Crippen molar-refractivity contribution < 1.29 is 4.39 Å². The lowest BCUT2D eigenvalue weighted by molar-refractivity contribution is 0.171. The lowest BCUT2D eigenvalue weighted by Crippen LogP contribution is -2.25. The topological polar surface area (TPSA) is 0 Å². The van der Waals surface area contributed by atoms with Crippen molar-refractivity contribution in [3.63, 3.8) is 0 Å². The second-order valence-corrected chi connectivity index (χ2v) is 7.36. The molecule has 22 heavy (non-hydrogen) atoms. The zero-order chi connectivity index (χ0) is 15.4. The molecule has 2 aliphatic carbocycles. The number of allylic oxidation sites excluding steroid dienone is 2. The summed E-state index contributed by atoms with van der Waals surface area (Å²) in [5.74, 6) is 3.31. The normalized spacial score (nSPS) is 33.2. The number of rotatable bonds is 3. The summed E-state index contributed by atoms with van der Waals surface area (Å²) in [6.45, 7) is 2.14. The fourth-order valence-corrected chi connectivity index (χ4v) is 4.74. The van der Waals surface area contributed by atoms with E-state index in [1.165, 1.54) is 56.9 Å². The molecule has 0 amide bonds. The third-order valence-electron chi connectivity index (χ3n) is 6.06. The van der Waals surface area contributed by atoms with Crippen molar-refractivity contribution >= 4 is 0 Å². The van der Waals surface area contributed by atoms with Crippen LogP contribution in [0.25, 0.3) is 0 Å². The van der Waals surface area contributed by atoms with Gasteiger partial charge < -0.3 is 0 Å². The molecule has 0 atom stereocenters. The fourth-order valence-electron chi connectivity index (χ4n) is 4.74. The van der Waals surface area contributed by atoms with Gasteiger partial charge in [-0.05, 0) is 99.7 Å². The van der Waals surface area contributed by atoms with Crippen molar-refractivity contribution in [1.82, 2.24) is 0 Å². The van der Waals surface area contributed by atoms with Crippen LogP contribution in [0, 0.1) is 23.6 Å². The van der Waals surface area contributed by atoms with Gasteiger partial charge in [0.25, 0.3) is 0 Å². The zero-order valence-corrected chi connectivity index (χ0v) is 13.8. The van der Waals surface area contributed by atoms with Crippen molar-refractivity contribution in [2.45, 2.75) is 64.2 Å². The van der Waals surface area contributed by atoms with Gasteiger partial charge in [-0.15, -0.1) is 0 Å². The van der Waals surface area contributed by atoms with Gasteiger partial charge in [0.05, 0.1) is 0 Å². The van der Waals surface area contributed by atoms with Gasteiger partial charge in [0, 0.05) is 0 Å². The van der Waals surface area contributed by atoms with Gasteiger partial charge >= 0.3 is 0 Å². The van der Waals surface area contributed by atoms with Crippen LogP contribution in [0.15, 0.2) is 36.4 Å². The lowest BCUT2D eigenvalue weighted by Gasteiger charge is -2.37. The first kappa shape index (κ1) is 15.8. The van der Waals surface area contributed by atoms with Gasteiger partial charge in [-0.2, -0.15) is 0 Å². The maximum absolute atomic E-state index is 13.0. The van der Waals surface area contributed by atoms with Crippen LogP contribution in [-0.2, 0) is 0 Å². The van der Waals surface area contributed by atoms with Crippen LogP contribution in [0.1, 0.15) is 69.8 Å². The molecule has 0 aliphatic heterocycles. The standard InChI is InChI=1S/C21H29F/c1-2-3-16-4-6-17(7-5-16)18-8-10-19(11-9-18)20-12-14-21(22)15-13-20/h2-3,12-19H,4-11H2,1H3/b3-2+/t16-,17-,18?,19?. The second-order valence-electron chi connectivity index (χ2n) is 7.36. The molecule has 3 rings (SSSR count). The Morgan fingerprint density at radius 1 is 0.818 bits per heavy atom. The van der Waals surface area contributed by atoms with Crippen LogP contribution in [0.2, 0.25) is 0 Å². The minimum atomic E-state index is -0.115. The molecule has 2 aliphatic rings. The van der Waals surface area contributed by atoms with E-state index in [0.29, 0.717) is 5.92 Å². The molecule has 1 aromatic rings. The minimum Gasteiger partial charge on any atom is -0.207 e. The highest BCUT2D eigenvalue weighted by Gasteiger charge is 2.30. The molecule has 0 bridgehead atoms. The van der Waals surface area contributed by atoms with Crippen LogP contribution in [0.3, 0.4) is 0 Å². The molecule has 2 saturated carbocycles. The van der Waals surface area contributed by atoms with Gasteiger partial charge in [-0.25, -0.2) is 4.39 Å². The smallest absolute Gasteiger partial charge is 0.123 e. The SMILES string of the molecule is C/C=C/[C@H]1CC[C@H](C2CCC(c3ccc(F)cc3)CC2)CC1. The van der Waals surface area contributed by atoms with Crippen molar-refractivity contribution in [1.29, 1.82) is 0 Å². The Morgan fingerprint density at radius 3 is 1.91 bits per heavy atom. The van der Waals surface area contributed by atoms with E-state index in [1.807, 2.05) is 12.1 Å². The van der Waals surface area contributed by atoms with Gasteiger partial charge in [-0.3, -0.25) is 0 Å². The summed E-state index contributed by atoms with van der Waals surface area (Å²) in [6.07, 6.45) is 15.6. The van der Waals surface area contributed by atoms with Crippen molar-refractivity contribution in [2.24, 2.45) is 17.8 Å². The Kier molecular flexibility index (Phi) is 5.33. The van der Waals surface area contributed by atoms with Gasteiger partial charge in [0.1, 0.15) is 5.82 Å². The number of hydrogen-bond acceptors (Lipinski definition) is 0. The monoisotopic (exact) mass is 300 g/mol. The van der Waals surface area contributed by atoms with E-state index >= 15 is 0 Å². The maximum Gasteiger partial charge on any atom is 0.123 e. The summed E-state index contributed by atoms with van der Waals surface area (Å²) in [5.41, 5.74) is 1.34. The lowest BCUT2D eigenvalue weighted by atomic mass is 9.68. The first-order valence-corrected chi connectivity index (χ1v) is 9.14. The first-order valence-electron chi connectivity index (χ1n) is 9.14. The van der Waals surface area contributed by atoms with E-state index in [9.17, 15) is 4.39 Å². The van der Waals surface area contributed by atoms with Crippen LogP contribution in [0.4, 0.5) is 4.39 Å². The fraction of sp³-hybridized carbons (Fsp3) is 0.619. The van der Waals surface area contributed by atoms with Gasteiger partial charge in [0.2, 0.25) is 0 Å². The Balaban J connectivity index is 1.49.